The maximum atomic E-state index is 13.0. The maximum Gasteiger partial charge on any atom is 0.255 e. The fraction of sp³-hybridized carbons (Fsp3) is 0. The quantitative estimate of drug-likeness (QED) is 0.896. The van der Waals surface area contributed by atoms with E-state index in [0.717, 1.165) is 0 Å². The van der Waals surface area contributed by atoms with Gasteiger partial charge in [-0.2, -0.15) is 0 Å². The minimum atomic E-state index is -0.416. The molecule has 0 radical (unpaired) electrons. The number of rotatable bonds is 2. The summed E-state index contributed by atoms with van der Waals surface area (Å²) in [4.78, 5) is 15.7. The van der Waals surface area contributed by atoms with Crippen molar-refractivity contribution in [3.8, 4) is 0 Å². The number of hydrogen-bond acceptors (Lipinski definition) is 3. The summed E-state index contributed by atoms with van der Waals surface area (Å²) in [6.45, 7) is 0. The molecule has 0 unspecified atom stereocenters. The Labute approximate surface area is 111 Å². The van der Waals surface area contributed by atoms with E-state index in [4.69, 9.17) is 5.73 Å². The van der Waals surface area contributed by atoms with Crippen molar-refractivity contribution >= 4 is 33.3 Å². The molecule has 1 amide bonds. The molecule has 6 heteroatoms. The monoisotopic (exact) mass is 309 g/mol. The maximum absolute atomic E-state index is 13.0. The molecule has 0 saturated heterocycles. The van der Waals surface area contributed by atoms with E-state index in [2.05, 4.69) is 26.2 Å². The van der Waals surface area contributed by atoms with Gasteiger partial charge in [0.15, 0.2) is 0 Å². The summed E-state index contributed by atoms with van der Waals surface area (Å²) < 4.78 is 13.3. The van der Waals surface area contributed by atoms with Crippen molar-refractivity contribution in [3.05, 3.63) is 52.4 Å². The van der Waals surface area contributed by atoms with Gasteiger partial charge in [-0.05, 0) is 46.3 Å². The summed E-state index contributed by atoms with van der Waals surface area (Å²) in [6, 6.07) is 7.25. The first kappa shape index (κ1) is 12.5. The molecule has 0 fully saturated rings. The normalized spacial score (nSPS) is 10.1. The van der Waals surface area contributed by atoms with Crippen molar-refractivity contribution in [2.75, 3.05) is 11.1 Å². The van der Waals surface area contributed by atoms with Crippen LogP contribution in [-0.2, 0) is 0 Å². The van der Waals surface area contributed by atoms with E-state index in [9.17, 15) is 9.18 Å². The Balaban J connectivity index is 2.16. The van der Waals surface area contributed by atoms with Crippen LogP contribution in [0.25, 0.3) is 0 Å². The molecule has 1 heterocycles. The highest BCUT2D eigenvalue weighted by atomic mass is 79.9. The number of amides is 1. The number of nitrogens with one attached hydrogen (secondary N) is 1. The lowest BCUT2D eigenvalue weighted by molar-refractivity contribution is 0.102. The van der Waals surface area contributed by atoms with Crippen molar-refractivity contribution in [1.29, 1.82) is 0 Å². The van der Waals surface area contributed by atoms with Gasteiger partial charge in [0, 0.05) is 5.56 Å². The molecule has 3 N–H and O–H groups in total. The molecule has 1 aromatic carbocycles. The van der Waals surface area contributed by atoms with Crippen LogP contribution >= 0.6 is 15.9 Å². The molecule has 0 atom stereocenters. The summed E-state index contributed by atoms with van der Waals surface area (Å²) in [5.41, 5.74) is 6.30. The Bertz CT molecular complexity index is 586. The highest BCUT2D eigenvalue weighted by Gasteiger charge is 2.08. The van der Waals surface area contributed by atoms with Crippen molar-refractivity contribution in [2.45, 2.75) is 0 Å². The molecular weight excluding hydrogens is 301 g/mol. The van der Waals surface area contributed by atoms with E-state index in [1.54, 1.807) is 12.1 Å². The third kappa shape index (κ3) is 2.84. The fourth-order valence-corrected chi connectivity index (χ4v) is 1.70. The number of nitrogens with two attached hydrogens (primary N) is 1. The predicted octanol–water partition coefficient (Wildman–Crippen LogP) is 2.82. The van der Waals surface area contributed by atoms with E-state index in [-0.39, 0.29) is 10.4 Å². The highest BCUT2D eigenvalue weighted by Crippen LogP contribution is 2.18. The zero-order valence-corrected chi connectivity index (χ0v) is 10.7. The van der Waals surface area contributed by atoms with Gasteiger partial charge in [0.2, 0.25) is 0 Å². The number of hydrogen-bond donors (Lipinski definition) is 2. The average Bonchev–Trinajstić information content (AvgIpc) is 2.35. The topological polar surface area (TPSA) is 68.0 Å². The van der Waals surface area contributed by atoms with Crippen molar-refractivity contribution in [1.82, 2.24) is 4.98 Å². The van der Waals surface area contributed by atoms with E-state index in [1.807, 2.05) is 0 Å². The first-order valence-electron chi connectivity index (χ1n) is 5.04. The summed E-state index contributed by atoms with van der Waals surface area (Å²) in [7, 11) is 0. The highest BCUT2D eigenvalue weighted by molar-refractivity contribution is 9.10. The van der Waals surface area contributed by atoms with Crippen LogP contribution in [0.1, 0.15) is 10.4 Å². The van der Waals surface area contributed by atoms with E-state index in [0.29, 0.717) is 17.1 Å². The minimum absolute atomic E-state index is 0.241. The average molecular weight is 310 g/mol. The summed E-state index contributed by atoms with van der Waals surface area (Å²) in [5, 5.41) is 2.63. The molecule has 1 aromatic heterocycles. The molecular formula is C12H9BrFN3O. The van der Waals surface area contributed by atoms with Crippen LogP contribution in [0.5, 0.6) is 0 Å². The molecule has 0 aliphatic carbocycles. The third-order valence-corrected chi connectivity index (χ3v) is 2.83. The van der Waals surface area contributed by atoms with Crippen LogP contribution in [0.15, 0.2) is 41.0 Å². The second kappa shape index (κ2) is 5.14. The standard InChI is InChI=1S/C12H9BrFN3O/c13-9-5-7(1-3-10(9)14)12(18)17-8-2-4-11(15)16-6-8/h1-6H,(H2,15,16)(H,17,18). The first-order valence-corrected chi connectivity index (χ1v) is 5.83. The second-order valence-electron chi connectivity index (χ2n) is 3.55. The van der Waals surface area contributed by atoms with Crippen LogP contribution in [0, 0.1) is 5.82 Å². The molecule has 0 aliphatic rings. The molecule has 0 aliphatic heterocycles. The molecule has 4 nitrogen and oxygen atoms in total. The smallest absolute Gasteiger partial charge is 0.255 e. The Hall–Kier alpha value is -1.95. The molecule has 0 bridgehead atoms. The Kier molecular flexibility index (Phi) is 3.57. The lowest BCUT2D eigenvalue weighted by Gasteiger charge is -2.05. The molecule has 92 valence electrons. The van der Waals surface area contributed by atoms with E-state index in [1.165, 1.54) is 24.4 Å². The van der Waals surface area contributed by atoms with Crippen LogP contribution in [0.3, 0.4) is 0 Å². The fourth-order valence-electron chi connectivity index (χ4n) is 1.32. The van der Waals surface area contributed by atoms with Gasteiger partial charge in [-0.3, -0.25) is 4.79 Å². The lowest BCUT2D eigenvalue weighted by atomic mass is 10.2. The number of pyridine rings is 1. The number of halogens is 2. The van der Waals surface area contributed by atoms with Gasteiger partial charge in [0.1, 0.15) is 11.6 Å². The Morgan fingerprint density at radius 3 is 2.72 bits per heavy atom. The number of carbonyl (C=O) groups excluding carboxylic acids is 1. The number of aromatic nitrogens is 1. The number of nitrogens with zero attached hydrogens (tertiary/aromatic N) is 1. The van der Waals surface area contributed by atoms with Gasteiger partial charge in [0.05, 0.1) is 16.4 Å². The van der Waals surface area contributed by atoms with Gasteiger partial charge in [0.25, 0.3) is 5.91 Å². The van der Waals surface area contributed by atoms with Gasteiger partial charge in [-0.25, -0.2) is 9.37 Å². The van der Waals surface area contributed by atoms with Gasteiger partial charge < -0.3 is 11.1 Å². The van der Waals surface area contributed by atoms with Crippen molar-refractivity contribution in [3.63, 3.8) is 0 Å². The first-order chi connectivity index (χ1) is 8.56. The molecule has 0 saturated carbocycles. The van der Waals surface area contributed by atoms with Crippen molar-refractivity contribution in [2.24, 2.45) is 0 Å². The SMILES string of the molecule is Nc1ccc(NC(=O)c2ccc(F)c(Br)c2)cn1. The largest absolute Gasteiger partial charge is 0.384 e. The van der Waals surface area contributed by atoms with E-state index >= 15 is 0 Å². The van der Waals surface area contributed by atoms with Crippen LogP contribution in [0.2, 0.25) is 0 Å². The van der Waals surface area contributed by atoms with Gasteiger partial charge in [-0.1, -0.05) is 0 Å². The zero-order chi connectivity index (χ0) is 13.1. The van der Waals surface area contributed by atoms with Gasteiger partial charge >= 0.3 is 0 Å². The van der Waals surface area contributed by atoms with Gasteiger partial charge in [-0.15, -0.1) is 0 Å². The third-order valence-electron chi connectivity index (χ3n) is 2.23. The van der Waals surface area contributed by atoms with Crippen LogP contribution in [0.4, 0.5) is 15.9 Å². The number of anilines is 2. The molecule has 18 heavy (non-hydrogen) atoms. The molecule has 2 rings (SSSR count). The van der Waals surface area contributed by atoms with E-state index < -0.39 is 5.82 Å². The second-order valence-corrected chi connectivity index (χ2v) is 4.41. The molecule has 0 spiro atoms. The zero-order valence-electron chi connectivity index (χ0n) is 9.15. The summed E-state index contributed by atoms with van der Waals surface area (Å²) in [6.07, 6.45) is 1.45. The Morgan fingerprint density at radius 1 is 1.33 bits per heavy atom. The Morgan fingerprint density at radius 2 is 2.11 bits per heavy atom. The lowest BCUT2D eigenvalue weighted by Crippen LogP contribution is -2.12. The summed E-state index contributed by atoms with van der Waals surface area (Å²) >= 11 is 3.03. The van der Waals surface area contributed by atoms with Crippen LogP contribution in [-0.4, -0.2) is 10.9 Å². The minimum Gasteiger partial charge on any atom is -0.384 e. The predicted molar refractivity (Wildman–Crippen MR) is 70.7 cm³/mol. The number of nitrogen functional groups attached to an aromatic ring is 1. The number of carbonyl (C=O) groups is 1. The summed E-state index contributed by atoms with van der Waals surface area (Å²) in [5.74, 6) is -0.388. The molecule has 2 aromatic rings. The van der Waals surface area contributed by atoms with Crippen LogP contribution < -0.4 is 11.1 Å². The van der Waals surface area contributed by atoms with Crippen molar-refractivity contribution < 1.29 is 9.18 Å². The number of benzene rings is 1.